The van der Waals surface area contributed by atoms with Crippen molar-refractivity contribution in [1.29, 1.82) is 0 Å². The van der Waals surface area contributed by atoms with Gasteiger partial charge in [-0.2, -0.15) is 0 Å². The summed E-state index contributed by atoms with van der Waals surface area (Å²) >= 11 is 0. The molecule has 0 aliphatic rings. The molecule has 0 spiro atoms. The smallest absolute Gasteiger partial charge is 0.214 e. The molecule has 0 saturated heterocycles. The molecular weight excluding hydrogens is 727 g/mol. The minimum absolute atomic E-state index is 0. The maximum absolute atomic E-state index is 8.36. The fourth-order valence-electron chi connectivity index (χ4n) is 4.96. The number of benzene rings is 4. The third kappa shape index (κ3) is 5.51. The van der Waals surface area contributed by atoms with Crippen molar-refractivity contribution in [2.45, 2.75) is 19.7 Å². The van der Waals surface area contributed by atoms with Crippen LogP contribution in [0.3, 0.4) is 0 Å². The van der Waals surface area contributed by atoms with Crippen LogP contribution >= 0.6 is 0 Å². The first-order valence-corrected chi connectivity index (χ1v) is 13.7. The first-order chi connectivity index (χ1) is 21.5. The van der Waals surface area contributed by atoms with Crippen molar-refractivity contribution in [2.75, 3.05) is 0 Å². The van der Waals surface area contributed by atoms with Gasteiger partial charge in [0.1, 0.15) is 5.58 Å². The number of nitrogens with zero attached hydrogens (tertiary/aromatic N) is 7. The Bertz CT molecular complexity index is 2180. The molecule has 0 atom stereocenters. The number of fused-ring (bicyclic) bond motifs is 4. The molecule has 0 saturated carbocycles. The molecule has 217 valence electrons. The third-order valence-electron chi connectivity index (χ3n) is 7.05. The number of hydrogen-bond acceptors (Lipinski definition) is 7. The van der Waals surface area contributed by atoms with Gasteiger partial charge in [-0.05, 0) is 51.8 Å². The van der Waals surface area contributed by atoms with E-state index in [2.05, 4.69) is 37.7 Å². The van der Waals surface area contributed by atoms with Crippen LogP contribution in [0.4, 0.5) is 0 Å². The third-order valence-corrected chi connectivity index (χ3v) is 7.05. The van der Waals surface area contributed by atoms with Crippen LogP contribution in [0, 0.1) is 12.1 Å². The maximum atomic E-state index is 8.36. The summed E-state index contributed by atoms with van der Waals surface area (Å²) in [6.45, 7) is 3.72. The van der Waals surface area contributed by atoms with Crippen molar-refractivity contribution in [2.24, 2.45) is 0 Å². The molecule has 1 radical (unpaired) electrons. The van der Waals surface area contributed by atoms with E-state index in [9.17, 15) is 0 Å². The topological polar surface area (TPSA) is 95.4 Å². The predicted molar refractivity (Wildman–Crippen MR) is 166 cm³/mol. The molecule has 8 rings (SSSR count). The Morgan fingerprint density at radius 3 is 2.41 bits per heavy atom. The summed E-state index contributed by atoms with van der Waals surface area (Å²) in [5.41, 5.74) is 6.73. The second kappa shape index (κ2) is 12.6. The fraction of sp³-hybridized carbons (Fsp3) is 0.0857. The minimum atomic E-state index is -0.721. The van der Waals surface area contributed by atoms with Crippen LogP contribution in [-0.2, 0) is 20.1 Å². The van der Waals surface area contributed by atoms with E-state index < -0.39 is 5.89 Å². The molecule has 44 heavy (non-hydrogen) atoms. The van der Waals surface area contributed by atoms with E-state index in [0.717, 1.165) is 38.9 Å². The molecule has 0 amide bonds. The van der Waals surface area contributed by atoms with Crippen molar-refractivity contribution < 1.29 is 25.9 Å². The molecule has 0 N–H and O–H groups in total. The Balaban J connectivity index is 0.000000231. The number of hydrogen-bond donors (Lipinski definition) is 0. The van der Waals surface area contributed by atoms with Gasteiger partial charge in [0.2, 0.25) is 11.3 Å². The second-order valence-corrected chi connectivity index (χ2v) is 10.0. The van der Waals surface area contributed by atoms with Crippen LogP contribution in [0.1, 0.15) is 26.7 Å². The molecule has 0 bridgehead atoms. The molecular formula is C35H25IrN7O-2. The quantitative estimate of drug-likeness (QED) is 0.171. The van der Waals surface area contributed by atoms with Gasteiger partial charge >= 0.3 is 0 Å². The molecule has 8 nitrogen and oxygen atoms in total. The number of rotatable bonds is 4. The average Bonchev–Trinajstić information content (AvgIpc) is 3.64. The molecule has 0 unspecified atom stereocenters. The number of furan rings is 1. The molecule has 4 aromatic carbocycles. The number of imidazole rings is 1. The van der Waals surface area contributed by atoms with Crippen molar-refractivity contribution in [1.82, 2.24) is 35.2 Å². The average molecular weight is 753 g/mol. The monoisotopic (exact) mass is 753 g/mol. The van der Waals surface area contributed by atoms with Crippen molar-refractivity contribution in [3.8, 4) is 28.3 Å². The SMILES string of the molecule is [2H]C(C)(C)c1ccc2c(c1)oc1c(-c3nc4nnnnc4n3-c3ccccc3)[c-]ccc12.[Ir].[c-]1ccccc1-c1ccccn1. The summed E-state index contributed by atoms with van der Waals surface area (Å²) in [4.78, 5) is 8.92. The molecule has 0 aliphatic heterocycles. The molecule has 4 heterocycles. The predicted octanol–water partition coefficient (Wildman–Crippen LogP) is 7.64. The van der Waals surface area contributed by atoms with E-state index >= 15 is 0 Å². The zero-order chi connectivity index (χ0) is 30.1. The Kier molecular flexibility index (Phi) is 7.95. The number of aromatic nitrogens is 7. The maximum Gasteiger partial charge on any atom is 0.214 e. The number of para-hydroxylation sites is 1. The van der Waals surface area contributed by atoms with E-state index in [1.807, 2.05) is 122 Å². The zero-order valence-electron chi connectivity index (χ0n) is 24.8. The summed E-state index contributed by atoms with van der Waals surface area (Å²) in [6.07, 6.45) is 1.79. The summed E-state index contributed by atoms with van der Waals surface area (Å²) < 4.78 is 16.6. The molecule has 4 aromatic heterocycles. The Morgan fingerprint density at radius 1 is 0.818 bits per heavy atom. The Labute approximate surface area is 268 Å². The molecule has 0 fully saturated rings. The van der Waals surface area contributed by atoms with Crippen LogP contribution in [0.2, 0.25) is 0 Å². The van der Waals surface area contributed by atoms with Crippen LogP contribution in [0.15, 0.2) is 114 Å². The number of pyridine rings is 1. The van der Waals surface area contributed by atoms with Crippen LogP contribution in [0.5, 0.6) is 0 Å². The Hall–Kier alpha value is -5.11. The van der Waals surface area contributed by atoms with Gasteiger partial charge in [-0.25, -0.2) is 0 Å². The van der Waals surface area contributed by atoms with E-state index in [0.29, 0.717) is 28.3 Å². The van der Waals surface area contributed by atoms with Gasteiger partial charge in [-0.1, -0.05) is 67.3 Å². The van der Waals surface area contributed by atoms with Gasteiger partial charge in [0, 0.05) is 38.7 Å². The minimum Gasteiger partial charge on any atom is -0.501 e. The van der Waals surface area contributed by atoms with Gasteiger partial charge in [-0.15, -0.1) is 64.3 Å². The van der Waals surface area contributed by atoms with Crippen LogP contribution in [0.25, 0.3) is 61.6 Å². The van der Waals surface area contributed by atoms with E-state index in [1.165, 1.54) is 0 Å². The molecule has 9 heteroatoms. The van der Waals surface area contributed by atoms with Gasteiger partial charge in [-0.3, -0.25) is 4.98 Å². The van der Waals surface area contributed by atoms with Gasteiger partial charge in [0.15, 0.2) is 0 Å². The summed E-state index contributed by atoms with van der Waals surface area (Å²) in [5.74, 6) is -0.132. The van der Waals surface area contributed by atoms with E-state index in [4.69, 9.17) is 10.8 Å². The first-order valence-electron chi connectivity index (χ1n) is 14.2. The van der Waals surface area contributed by atoms with Gasteiger partial charge in [0.25, 0.3) is 0 Å². The zero-order valence-corrected chi connectivity index (χ0v) is 26.2. The van der Waals surface area contributed by atoms with E-state index in [1.54, 1.807) is 6.20 Å². The van der Waals surface area contributed by atoms with Gasteiger partial charge in [0.05, 0.1) is 11.4 Å². The normalized spacial score (nSPS) is 11.5. The van der Waals surface area contributed by atoms with E-state index in [-0.39, 0.29) is 20.1 Å². The first kappa shape index (κ1) is 27.7. The second-order valence-electron chi connectivity index (χ2n) is 10.0. The van der Waals surface area contributed by atoms with Crippen LogP contribution in [-0.4, -0.2) is 35.2 Å². The Morgan fingerprint density at radius 2 is 1.64 bits per heavy atom. The fourth-order valence-corrected chi connectivity index (χ4v) is 4.96. The molecule has 0 aliphatic carbocycles. The van der Waals surface area contributed by atoms with Gasteiger partial charge < -0.3 is 14.0 Å². The van der Waals surface area contributed by atoms with Crippen LogP contribution < -0.4 is 0 Å². The molecule has 8 aromatic rings. The van der Waals surface area contributed by atoms with Crippen molar-refractivity contribution >= 4 is 33.2 Å². The van der Waals surface area contributed by atoms with Crippen molar-refractivity contribution in [3.63, 3.8) is 0 Å². The largest absolute Gasteiger partial charge is 0.501 e. The van der Waals surface area contributed by atoms with Crippen molar-refractivity contribution in [3.05, 3.63) is 127 Å². The standard InChI is InChI=1S/C24H17N6O.C11H8N.Ir/c1-14(2)15-11-12-17-18-9-6-10-19(21(18)31-20(17)13-15)23-25-22-24(27-29-28-26-22)30(23)16-7-4-3-5-8-16;1-2-6-10(7-3-1)11-8-4-5-9-12-11;/h3-9,11-14H,1-2H3;1-6,8-9H;/q2*-1;/i14D;;. The summed E-state index contributed by atoms with van der Waals surface area (Å²) in [7, 11) is 0. The summed E-state index contributed by atoms with van der Waals surface area (Å²) in [6, 6.07) is 39.6. The summed E-state index contributed by atoms with van der Waals surface area (Å²) in [5, 5.41) is 17.5.